The van der Waals surface area contributed by atoms with Crippen LogP contribution in [0.25, 0.3) is 0 Å². The van der Waals surface area contributed by atoms with E-state index in [-0.39, 0.29) is 0 Å². The van der Waals surface area contributed by atoms with Gasteiger partial charge in [0.1, 0.15) is 0 Å². The summed E-state index contributed by atoms with van der Waals surface area (Å²) in [6.45, 7) is 6.94. The van der Waals surface area contributed by atoms with E-state index in [0.717, 1.165) is 38.8 Å². The number of hydrogen-bond acceptors (Lipinski definition) is 3. The highest BCUT2D eigenvalue weighted by molar-refractivity contribution is 9.10. The molecule has 0 radical (unpaired) electrons. The van der Waals surface area contributed by atoms with Crippen molar-refractivity contribution < 1.29 is 4.74 Å². The first-order valence-electron chi connectivity index (χ1n) is 7.45. The molecule has 20 heavy (non-hydrogen) atoms. The third-order valence-electron chi connectivity index (χ3n) is 3.74. The van der Waals surface area contributed by atoms with Gasteiger partial charge in [-0.15, -0.1) is 0 Å². The van der Waals surface area contributed by atoms with Crippen molar-refractivity contribution in [2.75, 3.05) is 26.8 Å². The van der Waals surface area contributed by atoms with Crippen LogP contribution < -0.4 is 5.32 Å². The zero-order valence-electron chi connectivity index (χ0n) is 12.5. The highest BCUT2D eigenvalue weighted by Crippen LogP contribution is 2.22. The number of hydrogen-bond donors (Lipinski definition) is 1. The predicted octanol–water partition coefficient (Wildman–Crippen LogP) is 3.17. The first-order valence-corrected chi connectivity index (χ1v) is 8.24. The van der Waals surface area contributed by atoms with Gasteiger partial charge >= 0.3 is 0 Å². The van der Waals surface area contributed by atoms with Crippen LogP contribution in [-0.4, -0.2) is 37.7 Å². The van der Waals surface area contributed by atoms with Gasteiger partial charge in [-0.3, -0.25) is 4.90 Å². The molecule has 0 aliphatic heterocycles. The number of benzene rings is 1. The molecule has 3 nitrogen and oxygen atoms in total. The fraction of sp³-hybridized carbons (Fsp3) is 0.625. The molecule has 1 fully saturated rings. The lowest BCUT2D eigenvalue weighted by Gasteiger charge is -2.21. The van der Waals surface area contributed by atoms with E-state index in [2.05, 4.69) is 51.3 Å². The van der Waals surface area contributed by atoms with Crippen molar-refractivity contribution >= 4 is 15.9 Å². The molecule has 0 amide bonds. The van der Waals surface area contributed by atoms with Gasteiger partial charge in [-0.2, -0.15) is 0 Å². The number of halogens is 1. The highest BCUT2D eigenvalue weighted by Gasteiger charge is 2.20. The van der Waals surface area contributed by atoms with Crippen molar-refractivity contribution in [3.05, 3.63) is 33.8 Å². The summed E-state index contributed by atoms with van der Waals surface area (Å²) >= 11 is 3.71. The molecule has 0 bridgehead atoms. The van der Waals surface area contributed by atoms with Gasteiger partial charge in [-0.25, -0.2) is 0 Å². The van der Waals surface area contributed by atoms with Crippen molar-refractivity contribution in [1.29, 1.82) is 0 Å². The van der Waals surface area contributed by atoms with Crippen molar-refractivity contribution in [3.8, 4) is 0 Å². The Morgan fingerprint density at radius 2 is 2.20 bits per heavy atom. The summed E-state index contributed by atoms with van der Waals surface area (Å²) in [5.41, 5.74) is 2.70. The SMILES string of the molecule is CCN(CCOC)Cc1ccc(CNC2CC2)cc1Br. The van der Waals surface area contributed by atoms with Crippen molar-refractivity contribution in [1.82, 2.24) is 10.2 Å². The fourth-order valence-electron chi connectivity index (χ4n) is 2.19. The van der Waals surface area contributed by atoms with Gasteiger partial charge in [-0.1, -0.05) is 35.0 Å². The Kier molecular flexibility index (Phi) is 6.49. The van der Waals surface area contributed by atoms with E-state index in [1.54, 1.807) is 7.11 Å². The number of likely N-dealkylation sites (N-methyl/N-ethyl adjacent to an activating group) is 1. The number of rotatable bonds is 9. The lowest BCUT2D eigenvalue weighted by molar-refractivity contribution is 0.147. The van der Waals surface area contributed by atoms with Crippen LogP contribution in [0.1, 0.15) is 30.9 Å². The van der Waals surface area contributed by atoms with Crippen LogP contribution in [-0.2, 0) is 17.8 Å². The van der Waals surface area contributed by atoms with Crippen LogP contribution in [0.15, 0.2) is 22.7 Å². The Morgan fingerprint density at radius 3 is 2.80 bits per heavy atom. The second-order valence-electron chi connectivity index (χ2n) is 5.44. The van der Waals surface area contributed by atoms with Crippen LogP contribution in [0.2, 0.25) is 0 Å². The minimum atomic E-state index is 0.762. The summed E-state index contributed by atoms with van der Waals surface area (Å²) in [5.74, 6) is 0. The van der Waals surface area contributed by atoms with Gasteiger partial charge in [0.15, 0.2) is 0 Å². The largest absolute Gasteiger partial charge is 0.383 e. The second kappa shape index (κ2) is 8.13. The molecule has 1 aromatic rings. The molecule has 0 heterocycles. The van der Waals surface area contributed by atoms with E-state index in [4.69, 9.17) is 4.74 Å². The molecule has 1 N–H and O–H groups in total. The van der Waals surface area contributed by atoms with E-state index in [9.17, 15) is 0 Å². The molecule has 0 aromatic heterocycles. The predicted molar refractivity (Wildman–Crippen MR) is 86.8 cm³/mol. The van der Waals surface area contributed by atoms with Gasteiger partial charge < -0.3 is 10.1 Å². The van der Waals surface area contributed by atoms with Gasteiger partial charge in [0.25, 0.3) is 0 Å². The van der Waals surface area contributed by atoms with Crippen molar-refractivity contribution in [2.24, 2.45) is 0 Å². The maximum absolute atomic E-state index is 5.16. The minimum absolute atomic E-state index is 0.762. The number of ether oxygens (including phenoxy) is 1. The Hall–Kier alpha value is -0.420. The Morgan fingerprint density at radius 1 is 1.40 bits per heavy atom. The highest BCUT2D eigenvalue weighted by atomic mass is 79.9. The average Bonchev–Trinajstić information content (AvgIpc) is 3.27. The molecule has 1 aliphatic rings. The monoisotopic (exact) mass is 340 g/mol. The molecule has 1 saturated carbocycles. The number of nitrogens with one attached hydrogen (secondary N) is 1. The topological polar surface area (TPSA) is 24.5 Å². The summed E-state index contributed by atoms with van der Waals surface area (Å²) in [7, 11) is 1.76. The molecule has 0 atom stereocenters. The second-order valence-corrected chi connectivity index (χ2v) is 6.30. The quantitative estimate of drug-likeness (QED) is 0.747. The molecule has 0 spiro atoms. The summed E-state index contributed by atoms with van der Waals surface area (Å²) in [6, 6.07) is 7.48. The van der Waals surface area contributed by atoms with Crippen molar-refractivity contribution in [3.63, 3.8) is 0 Å². The van der Waals surface area contributed by atoms with Crippen LogP contribution >= 0.6 is 15.9 Å². The van der Waals surface area contributed by atoms with Crippen LogP contribution in [0.4, 0.5) is 0 Å². The number of nitrogens with zero attached hydrogens (tertiary/aromatic N) is 1. The molecule has 2 rings (SSSR count). The normalized spacial score (nSPS) is 15.0. The summed E-state index contributed by atoms with van der Waals surface area (Å²) in [6.07, 6.45) is 2.68. The molecular formula is C16H25BrN2O. The van der Waals surface area contributed by atoms with Crippen LogP contribution in [0, 0.1) is 0 Å². The summed E-state index contributed by atoms with van der Waals surface area (Å²) in [5, 5.41) is 3.55. The van der Waals surface area contributed by atoms with E-state index < -0.39 is 0 Å². The van der Waals surface area contributed by atoms with E-state index in [1.807, 2.05) is 0 Å². The third-order valence-corrected chi connectivity index (χ3v) is 4.48. The molecular weight excluding hydrogens is 316 g/mol. The van der Waals surface area contributed by atoms with Crippen molar-refractivity contribution in [2.45, 2.75) is 38.9 Å². The zero-order chi connectivity index (χ0) is 14.4. The maximum Gasteiger partial charge on any atom is 0.0589 e. The van der Waals surface area contributed by atoms with E-state index in [0.29, 0.717) is 0 Å². The van der Waals surface area contributed by atoms with Gasteiger partial charge in [-0.05, 0) is 36.6 Å². The Bertz CT molecular complexity index is 421. The van der Waals surface area contributed by atoms with Gasteiger partial charge in [0, 0.05) is 37.3 Å². The summed E-state index contributed by atoms with van der Waals surface area (Å²) in [4.78, 5) is 2.39. The molecule has 1 aromatic carbocycles. The van der Waals surface area contributed by atoms with Gasteiger partial charge in [0.2, 0.25) is 0 Å². The van der Waals surface area contributed by atoms with Crippen LogP contribution in [0.5, 0.6) is 0 Å². The maximum atomic E-state index is 5.16. The van der Waals surface area contributed by atoms with E-state index in [1.165, 1.54) is 28.4 Å². The lowest BCUT2D eigenvalue weighted by atomic mass is 10.1. The lowest BCUT2D eigenvalue weighted by Crippen LogP contribution is -2.26. The first-order chi connectivity index (χ1) is 9.72. The molecule has 112 valence electrons. The Labute approximate surface area is 130 Å². The standard InChI is InChI=1S/C16H25BrN2O/c1-3-19(8-9-20-2)12-14-5-4-13(10-16(14)17)11-18-15-6-7-15/h4-5,10,15,18H,3,6-9,11-12H2,1-2H3. The smallest absolute Gasteiger partial charge is 0.0589 e. The molecule has 0 unspecified atom stereocenters. The van der Waals surface area contributed by atoms with Crippen LogP contribution in [0.3, 0.4) is 0 Å². The molecule has 1 aliphatic carbocycles. The fourth-order valence-corrected chi connectivity index (χ4v) is 2.74. The van der Waals surface area contributed by atoms with Gasteiger partial charge in [0.05, 0.1) is 6.61 Å². The number of methoxy groups -OCH3 is 1. The summed E-state index contributed by atoms with van der Waals surface area (Å²) < 4.78 is 6.37. The molecule has 0 saturated heterocycles. The minimum Gasteiger partial charge on any atom is -0.383 e. The molecule has 4 heteroatoms. The average molecular weight is 341 g/mol. The third kappa shape index (κ3) is 5.17. The first kappa shape index (κ1) is 16.0. The van der Waals surface area contributed by atoms with E-state index >= 15 is 0 Å². The Balaban J connectivity index is 1.89. The zero-order valence-corrected chi connectivity index (χ0v) is 14.1.